The summed E-state index contributed by atoms with van der Waals surface area (Å²) in [5, 5.41) is 10.2. The number of rotatable bonds is 7. The Bertz CT molecular complexity index is 993. The van der Waals surface area contributed by atoms with E-state index in [9.17, 15) is 13.9 Å². The topological polar surface area (TPSA) is 29.5 Å². The van der Waals surface area contributed by atoms with Gasteiger partial charge in [0.05, 0.1) is 12.7 Å². The number of ether oxygens (including phenoxy) is 1. The zero-order valence-corrected chi connectivity index (χ0v) is 17.5. The van der Waals surface area contributed by atoms with E-state index >= 15 is 0 Å². The SMILES string of the molecule is CCCC(O)c1ccc(C2=CCC3C(c4ccc(OCC)c(F)c4)=CCC23)c(F)c1. The molecule has 2 aromatic rings. The van der Waals surface area contributed by atoms with Gasteiger partial charge in [0.15, 0.2) is 11.6 Å². The first kappa shape index (κ1) is 20.8. The van der Waals surface area contributed by atoms with Crippen LogP contribution in [0.15, 0.2) is 48.6 Å². The highest BCUT2D eigenvalue weighted by molar-refractivity contribution is 5.80. The lowest BCUT2D eigenvalue weighted by atomic mass is 9.85. The molecular formula is C26H28F2O2. The first-order chi connectivity index (χ1) is 14.5. The Hall–Kier alpha value is -2.46. The fourth-order valence-electron chi connectivity index (χ4n) is 4.83. The van der Waals surface area contributed by atoms with Gasteiger partial charge in [0.25, 0.3) is 0 Å². The van der Waals surface area contributed by atoms with Crippen molar-refractivity contribution in [2.24, 2.45) is 11.8 Å². The molecule has 0 saturated heterocycles. The van der Waals surface area contributed by atoms with E-state index in [2.05, 4.69) is 12.2 Å². The highest BCUT2D eigenvalue weighted by atomic mass is 19.1. The maximum absolute atomic E-state index is 14.9. The van der Waals surface area contributed by atoms with Crippen molar-refractivity contribution in [3.8, 4) is 5.75 Å². The summed E-state index contributed by atoms with van der Waals surface area (Å²) in [4.78, 5) is 0. The Morgan fingerprint density at radius 1 is 0.967 bits per heavy atom. The lowest BCUT2D eigenvalue weighted by Crippen LogP contribution is -2.08. The van der Waals surface area contributed by atoms with E-state index in [0.29, 0.717) is 24.2 Å². The van der Waals surface area contributed by atoms with Crippen LogP contribution in [0.25, 0.3) is 11.1 Å². The Kier molecular flexibility index (Phi) is 6.05. The van der Waals surface area contributed by atoms with Crippen molar-refractivity contribution in [1.29, 1.82) is 0 Å². The minimum atomic E-state index is -0.627. The molecule has 4 rings (SSSR count). The third-order valence-corrected chi connectivity index (χ3v) is 6.28. The fraction of sp³-hybridized carbons (Fsp3) is 0.385. The van der Waals surface area contributed by atoms with E-state index in [0.717, 1.165) is 36.0 Å². The summed E-state index contributed by atoms with van der Waals surface area (Å²) in [6, 6.07) is 10.2. The normalized spacial score (nSPS) is 21.2. The molecule has 0 aliphatic heterocycles. The van der Waals surface area contributed by atoms with E-state index < -0.39 is 6.10 Å². The molecule has 2 aromatic carbocycles. The molecule has 4 heteroatoms. The second kappa shape index (κ2) is 8.73. The van der Waals surface area contributed by atoms with E-state index in [-0.39, 0.29) is 29.2 Å². The number of benzene rings is 2. The number of aliphatic hydroxyl groups is 1. The molecular weight excluding hydrogens is 382 g/mol. The van der Waals surface area contributed by atoms with E-state index in [1.807, 2.05) is 26.0 Å². The third kappa shape index (κ3) is 3.81. The average Bonchev–Trinajstić information content (AvgIpc) is 3.32. The van der Waals surface area contributed by atoms with Gasteiger partial charge in [0, 0.05) is 5.56 Å². The van der Waals surface area contributed by atoms with Crippen LogP contribution in [-0.4, -0.2) is 11.7 Å². The van der Waals surface area contributed by atoms with Crippen LogP contribution in [-0.2, 0) is 0 Å². The molecule has 0 heterocycles. The molecule has 0 saturated carbocycles. The summed E-state index contributed by atoms with van der Waals surface area (Å²) >= 11 is 0. The summed E-state index contributed by atoms with van der Waals surface area (Å²) in [5.41, 5.74) is 4.26. The molecule has 0 radical (unpaired) electrons. The Balaban J connectivity index is 1.53. The molecule has 0 fully saturated rings. The van der Waals surface area contributed by atoms with Crippen molar-refractivity contribution in [1.82, 2.24) is 0 Å². The van der Waals surface area contributed by atoms with Gasteiger partial charge in [0.2, 0.25) is 0 Å². The molecule has 0 amide bonds. The molecule has 2 aliphatic carbocycles. The van der Waals surface area contributed by atoms with Gasteiger partial charge in [-0.1, -0.05) is 43.7 Å². The summed E-state index contributed by atoms with van der Waals surface area (Å²) < 4.78 is 34.6. The van der Waals surface area contributed by atoms with Gasteiger partial charge in [-0.2, -0.15) is 0 Å². The minimum Gasteiger partial charge on any atom is -0.491 e. The second-order valence-electron chi connectivity index (χ2n) is 8.13. The van der Waals surface area contributed by atoms with Gasteiger partial charge in [-0.15, -0.1) is 0 Å². The van der Waals surface area contributed by atoms with Crippen molar-refractivity contribution in [3.63, 3.8) is 0 Å². The predicted molar refractivity (Wildman–Crippen MR) is 116 cm³/mol. The highest BCUT2D eigenvalue weighted by Gasteiger charge is 2.37. The van der Waals surface area contributed by atoms with Crippen LogP contribution in [0.3, 0.4) is 0 Å². The minimum absolute atomic E-state index is 0.204. The first-order valence-electron chi connectivity index (χ1n) is 10.8. The lowest BCUT2D eigenvalue weighted by molar-refractivity contribution is 0.166. The Morgan fingerprint density at radius 3 is 2.37 bits per heavy atom. The number of hydrogen-bond donors (Lipinski definition) is 1. The largest absolute Gasteiger partial charge is 0.491 e. The summed E-state index contributed by atoms with van der Waals surface area (Å²) in [5.74, 6) is 0.0824. The molecule has 0 spiro atoms. The molecule has 3 atom stereocenters. The summed E-state index contributed by atoms with van der Waals surface area (Å²) in [6.45, 7) is 4.26. The second-order valence-corrected chi connectivity index (χ2v) is 8.13. The van der Waals surface area contributed by atoms with Crippen LogP contribution < -0.4 is 4.74 Å². The molecule has 2 aliphatic rings. The zero-order chi connectivity index (χ0) is 21.3. The summed E-state index contributed by atoms with van der Waals surface area (Å²) in [7, 11) is 0. The van der Waals surface area contributed by atoms with E-state index in [1.165, 1.54) is 6.07 Å². The van der Waals surface area contributed by atoms with Gasteiger partial charge in [-0.05, 0) is 78.5 Å². The van der Waals surface area contributed by atoms with Gasteiger partial charge in [-0.3, -0.25) is 0 Å². The van der Waals surface area contributed by atoms with E-state index in [1.54, 1.807) is 18.2 Å². The highest BCUT2D eigenvalue weighted by Crippen LogP contribution is 2.51. The van der Waals surface area contributed by atoms with Gasteiger partial charge in [0.1, 0.15) is 5.82 Å². The maximum atomic E-state index is 14.9. The Morgan fingerprint density at radius 2 is 1.70 bits per heavy atom. The van der Waals surface area contributed by atoms with Gasteiger partial charge in [-0.25, -0.2) is 8.78 Å². The standard InChI is InChI=1S/C26H28F2O2/c1-3-5-25(29)17-6-8-22(23(27)15-17)21-12-11-19-18(9-10-20(19)21)16-7-13-26(30-4-2)24(28)14-16/h6-9,12-15,19-20,25,29H,3-5,10-11H2,1-2H3. The van der Waals surface area contributed by atoms with Crippen molar-refractivity contribution in [3.05, 3.63) is 76.9 Å². The fourth-order valence-corrected chi connectivity index (χ4v) is 4.83. The zero-order valence-electron chi connectivity index (χ0n) is 17.5. The van der Waals surface area contributed by atoms with Crippen LogP contribution in [0.2, 0.25) is 0 Å². The monoisotopic (exact) mass is 410 g/mol. The van der Waals surface area contributed by atoms with Crippen LogP contribution in [0.1, 0.15) is 62.3 Å². The van der Waals surface area contributed by atoms with Crippen LogP contribution in [0.4, 0.5) is 8.78 Å². The number of fused-ring (bicyclic) bond motifs is 1. The smallest absolute Gasteiger partial charge is 0.165 e. The van der Waals surface area contributed by atoms with Crippen molar-refractivity contribution in [2.75, 3.05) is 6.61 Å². The molecule has 0 aromatic heterocycles. The Labute approximate surface area is 176 Å². The lowest BCUT2D eigenvalue weighted by Gasteiger charge is -2.20. The summed E-state index contributed by atoms with van der Waals surface area (Å²) in [6.07, 6.45) is 6.76. The van der Waals surface area contributed by atoms with Crippen molar-refractivity contribution >= 4 is 11.1 Å². The van der Waals surface area contributed by atoms with Gasteiger partial charge < -0.3 is 9.84 Å². The molecule has 0 bridgehead atoms. The number of allylic oxidation sites excluding steroid dienone is 4. The average molecular weight is 411 g/mol. The third-order valence-electron chi connectivity index (χ3n) is 6.28. The maximum Gasteiger partial charge on any atom is 0.165 e. The predicted octanol–water partition coefficient (Wildman–Crippen LogP) is 6.70. The van der Waals surface area contributed by atoms with Crippen LogP contribution in [0, 0.1) is 23.5 Å². The molecule has 30 heavy (non-hydrogen) atoms. The number of halogens is 2. The number of hydrogen-bond acceptors (Lipinski definition) is 2. The van der Waals surface area contributed by atoms with Gasteiger partial charge >= 0.3 is 0 Å². The molecule has 3 unspecified atom stereocenters. The van der Waals surface area contributed by atoms with Crippen LogP contribution in [0.5, 0.6) is 5.75 Å². The molecule has 2 nitrogen and oxygen atoms in total. The quantitative estimate of drug-likeness (QED) is 0.550. The first-order valence-corrected chi connectivity index (χ1v) is 10.8. The number of aliphatic hydroxyl groups excluding tert-OH is 1. The molecule has 1 N–H and O–H groups in total. The van der Waals surface area contributed by atoms with Crippen LogP contribution >= 0.6 is 0 Å². The van der Waals surface area contributed by atoms with E-state index in [4.69, 9.17) is 4.74 Å². The molecule has 158 valence electrons. The van der Waals surface area contributed by atoms with Crippen molar-refractivity contribution in [2.45, 2.75) is 45.6 Å². The van der Waals surface area contributed by atoms with Crippen molar-refractivity contribution < 1.29 is 18.6 Å².